The first-order chi connectivity index (χ1) is 11.8. The van der Waals surface area contributed by atoms with E-state index in [0.29, 0.717) is 17.2 Å². The van der Waals surface area contributed by atoms with Gasteiger partial charge in [-0.25, -0.2) is 0 Å². The number of rotatable bonds is 5. The van der Waals surface area contributed by atoms with Gasteiger partial charge in [0.15, 0.2) is 11.5 Å². The average molecular weight is 322 g/mol. The first kappa shape index (κ1) is 15.4. The predicted molar refractivity (Wildman–Crippen MR) is 86.0 cm³/mol. The van der Waals surface area contributed by atoms with Gasteiger partial charge >= 0.3 is 0 Å². The van der Waals surface area contributed by atoms with Crippen LogP contribution in [0, 0.1) is 11.3 Å². The standard InChI is InChI=1S/C17H14N4O3/c18-7-13(9-20-14-2-1-5-19-10-14)17(22)21-8-12-3-4-15-16(6-12)24-11-23-15/h1-6,9-10,20H,8,11H2,(H,21,22)/b13-9-. The number of pyridine rings is 1. The lowest BCUT2D eigenvalue weighted by Gasteiger charge is -2.06. The van der Waals surface area contributed by atoms with Gasteiger partial charge in [-0.2, -0.15) is 5.26 Å². The molecule has 0 aliphatic carbocycles. The quantitative estimate of drug-likeness (QED) is 0.645. The molecule has 1 amide bonds. The Kier molecular flexibility index (Phi) is 4.58. The number of carbonyl (C=O) groups excluding carboxylic acids is 1. The van der Waals surface area contributed by atoms with Gasteiger partial charge in [0.1, 0.15) is 11.6 Å². The molecule has 0 unspecified atom stereocenters. The molecule has 0 atom stereocenters. The number of anilines is 1. The molecule has 3 rings (SSSR count). The van der Waals surface area contributed by atoms with Crippen molar-refractivity contribution >= 4 is 11.6 Å². The molecule has 1 aromatic heterocycles. The first-order valence-corrected chi connectivity index (χ1v) is 7.20. The predicted octanol–water partition coefficient (Wildman–Crippen LogP) is 1.95. The SMILES string of the molecule is N#C/C(=C/Nc1cccnc1)C(=O)NCc1ccc2c(c1)OCO2. The summed E-state index contributed by atoms with van der Waals surface area (Å²) in [5.74, 6) is 0.867. The molecule has 0 saturated heterocycles. The van der Waals surface area contributed by atoms with Gasteiger partial charge in [0.25, 0.3) is 5.91 Å². The highest BCUT2D eigenvalue weighted by Gasteiger charge is 2.14. The van der Waals surface area contributed by atoms with Gasteiger partial charge in [0.2, 0.25) is 6.79 Å². The zero-order valence-corrected chi connectivity index (χ0v) is 12.7. The molecule has 2 heterocycles. The maximum atomic E-state index is 12.1. The summed E-state index contributed by atoms with van der Waals surface area (Å²) in [4.78, 5) is 16.0. The molecule has 0 spiro atoms. The Labute approximate surface area is 138 Å². The van der Waals surface area contributed by atoms with Gasteiger partial charge < -0.3 is 20.1 Å². The molecule has 1 aliphatic heterocycles. The van der Waals surface area contributed by atoms with E-state index >= 15 is 0 Å². The number of hydrogen-bond acceptors (Lipinski definition) is 6. The molecule has 120 valence electrons. The molecule has 24 heavy (non-hydrogen) atoms. The second-order valence-corrected chi connectivity index (χ2v) is 4.93. The van der Waals surface area contributed by atoms with E-state index < -0.39 is 5.91 Å². The largest absolute Gasteiger partial charge is 0.454 e. The van der Waals surface area contributed by atoms with Crippen molar-refractivity contribution in [2.45, 2.75) is 6.54 Å². The van der Waals surface area contributed by atoms with Crippen molar-refractivity contribution in [3.05, 3.63) is 60.1 Å². The van der Waals surface area contributed by atoms with E-state index in [1.165, 1.54) is 6.20 Å². The lowest BCUT2D eigenvalue weighted by atomic mass is 10.2. The van der Waals surface area contributed by atoms with Crippen LogP contribution in [0.5, 0.6) is 11.5 Å². The van der Waals surface area contributed by atoms with Crippen LogP contribution in [0.3, 0.4) is 0 Å². The molecule has 1 aromatic carbocycles. The summed E-state index contributed by atoms with van der Waals surface area (Å²) in [5, 5.41) is 14.7. The number of aromatic nitrogens is 1. The number of hydrogen-bond donors (Lipinski definition) is 2. The lowest BCUT2D eigenvalue weighted by Crippen LogP contribution is -2.24. The molecule has 0 fully saturated rings. The van der Waals surface area contributed by atoms with E-state index in [9.17, 15) is 4.79 Å². The Morgan fingerprint density at radius 3 is 3.00 bits per heavy atom. The highest BCUT2D eigenvalue weighted by Crippen LogP contribution is 2.32. The Hall–Kier alpha value is -3.53. The molecule has 7 heteroatoms. The number of amides is 1. The number of fused-ring (bicyclic) bond motifs is 1. The van der Waals surface area contributed by atoms with Crippen molar-refractivity contribution in [3.63, 3.8) is 0 Å². The fourth-order valence-electron chi connectivity index (χ4n) is 2.08. The number of benzene rings is 1. The summed E-state index contributed by atoms with van der Waals surface area (Å²) in [5.41, 5.74) is 1.51. The van der Waals surface area contributed by atoms with Gasteiger partial charge in [-0.1, -0.05) is 6.07 Å². The summed E-state index contributed by atoms with van der Waals surface area (Å²) in [6, 6.07) is 10.8. The van der Waals surface area contributed by atoms with Crippen molar-refractivity contribution in [2.24, 2.45) is 0 Å². The number of carbonyl (C=O) groups is 1. The van der Waals surface area contributed by atoms with Crippen LogP contribution in [-0.4, -0.2) is 17.7 Å². The average Bonchev–Trinajstić information content (AvgIpc) is 3.09. The van der Waals surface area contributed by atoms with Crippen LogP contribution in [0.4, 0.5) is 5.69 Å². The smallest absolute Gasteiger partial charge is 0.263 e. The van der Waals surface area contributed by atoms with E-state index in [1.807, 2.05) is 12.1 Å². The summed E-state index contributed by atoms with van der Waals surface area (Å²) >= 11 is 0. The fraction of sp³-hybridized carbons (Fsp3) is 0.118. The van der Waals surface area contributed by atoms with Crippen LogP contribution in [0.1, 0.15) is 5.56 Å². The monoisotopic (exact) mass is 322 g/mol. The van der Waals surface area contributed by atoms with Crippen LogP contribution in [-0.2, 0) is 11.3 Å². The second kappa shape index (κ2) is 7.15. The lowest BCUT2D eigenvalue weighted by molar-refractivity contribution is -0.117. The molecular formula is C17H14N4O3. The van der Waals surface area contributed by atoms with Crippen molar-refractivity contribution in [1.82, 2.24) is 10.3 Å². The molecule has 0 saturated carbocycles. The molecule has 2 aromatic rings. The number of nitrogens with zero attached hydrogens (tertiary/aromatic N) is 2. The zero-order chi connectivity index (χ0) is 16.8. The van der Waals surface area contributed by atoms with E-state index in [4.69, 9.17) is 14.7 Å². The van der Waals surface area contributed by atoms with Gasteiger partial charge in [0.05, 0.1) is 11.9 Å². The Bertz CT molecular complexity index is 812. The third kappa shape index (κ3) is 3.62. The topological polar surface area (TPSA) is 96.3 Å². The van der Waals surface area contributed by atoms with Gasteiger partial charge in [0, 0.05) is 18.9 Å². The summed E-state index contributed by atoms with van der Waals surface area (Å²) in [6.07, 6.45) is 4.58. The minimum Gasteiger partial charge on any atom is -0.454 e. The minimum atomic E-state index is -0.466. The van der Waals surface area contributed by atoms with E-state index in [2.05, 4.69) is 15.6 Å². The van der Waals surface area contributed by atoms with Crippen molar-refractivity contribution in [3.8, 4) is 17.6 Å². The number of nitrogens with one attached hydrogen (secondary N) is 2. The summed E-state index contributed by atoms with van der Waals surface area (Å²) in [7, 11) is 0. The molecule has 2 N–H and O–H groups in total. The van der Waals surface area contributed by atoms with Crippen LogP contribution in [0.15, 0.2) is 54.5 Å². The van der Waals surface area contributed by atoms with Gasteiger partial charge in [-0.05, 0) is 29.8 Å². The normalized spacial score (nSPS) is 12.4. The molecule has 7 nitrogen and oxygen atoms in total. The van der Waals surface area contributed by atoms with Crippen LogP contribution in [0.2, 0.25) is 0 Å². The van der Waals surface area contributed by atoms with Crippen molar-refractivity contribution in [2.75, 3.05) is 12.1 Å². The van der Waals surface area contributed by atoms with Crippen LogP contribution >= 0.6 is 0 Å². The van der Waals surface area contributed by atoms with Crippen molar-refractivity contribution in [1.29, 1.82) is 5.26 Å². The second-order valence-electron chi connectivity index (χ2n) is 4.93. The third-order valence-electron chi connectivity index (χ3n) is 3.30. The van der Waals surface area contributed by atoms with Crippen LogP contribution in [0.25, 0.3) is 0 Å². The highest BCUT2D eigenvalue weighted by atomic mass is 16.7. The minimum absolute atomic E-state index is 0.0282. The number of nitriles is 1. The Balaban J connectivity index is 1.59. The Morgan fingerprint density at radius 1 is 1.33 bits per heavy atom. The zero-order valence-electron chi connectivity index (χ0n) is 12.7. The molecular weight excluding hydrogens is 308 g/mol. The molecule has 1 aliphatic rings. The van der Waals surface area contributed by atoms with E-state index in [1.54, 1.807) is 36.7 Å². The van der Waals surface area contributed by atoms with E-state index in [-0.39, 0.29) is 18.9 Å². The Morgan fingerprint density at radius 2 is 2.21 bits per heavy atom. The summed E-state index contributed by atoms with van der Waals surface area (Å²) < 4.78 is 10.5. The van der Waals surface area contributed by atoms with Gasteiger partial charge in [-0.3, -0.25) is 9.78 Å². The fourth-order valence-corrected chi connectivity index (χ4v) is 2.08. The van der Waals surface area contributed by atoms with E-state index in [0.717, 1.165) is 5.56 Å². The van der Waals surface area contributed by atoms with Crippen LogP contribution < -0.4 is 20.1 Å². The molecule has 0 bridgehead atoms. The number of ether oxygens (including phenoxy) is 2. The highest BCUT2D eigenvalue weighted by molar-refractivity contribution is 5.97. The maximum Gasteiger partial charge on any atom is 0.263 e. The summed E-state index contributed by atoms with van der Waals surface area (Å²) in [6.45, 7) is 0.480. The maximum absolute atomic E-state index is 12.1. The van der Waals surface area contributed by atoms with Gasteiger partial charge in [-0.15, -0.1) is 0 Å². The first-order valence-electron chi connectivity index (χ1n) is 7.20. The molecule has 0 radical (unpaired) electrons. The van der Waals surface area contributed by atoms with Crippen molar-refractivity contribution < 1.29 is 14.3 Å². The third-order valence-corrected chi connectivity index (χ3v) is 3.30.